The molecule has 3 N–H and O–H groups in total. The van der Waals surface area contributed by atoms with Gasteiger partial charge in [-0.05, 0) is 54.3 Å². The summed E-state index contributed by atoms with van der Waals surface area (Å²) in [6.45, 7) is 5.09. The molecule has 4 aromatic rings. The third kappa shape index (κ3) is 5.43. The van der Waals surface area contributed by atoms with Crippen molar-refractivity contribution in [1.29, 1.82) is 0 Å². The van der Waals surface area contributed by atoms with E-state index in [9.17, 15) is 4.79 Å². The molecule has 0 saturated carbocycles. The number of anilines is 2. The minimum Gasteiger partial charge on any atom is -0.492 e. The molecule has 0 aliphatic heterocycles. The minimum absolute atomic E-state index is 0.183. The summed E-state index contributed by atoms with van der Waals surface area (Å²) in [5.41, 5.74) is 4.87. The van der Waals surface area contributed by atoms with Gasteiger partial charge in [0, 0.05) is 18.2 Å². The normalized spacial score (nSPS) is 10.8. The second-order valence-corrected chi connectivity index (χ2v) is 7.93. The molecule has 0 unspecified atom stereocenters. The lowest BCUT2D eigenvalue weighted by atomic mass is 9.98. The zero-order chi connectivity index (χ0) is 23.9. The van der Waals surface area contributed by atoms with E-state index in [0.717, 1.165) is 30.0 Å². The second kappa shape index (κ2) is 10.7. The van der Waals surface area contributed by atoms with Gasteiger partial charge in [-0.3, -0.25) is 4.79 Å². The fourth-order valence-electron chi connectivity index (χ4n) is 3.95. The number of carboxylic acid groups (broad SMARTS) is 1. The van der Waals surface area contributed by atoms with Gasteiger partial charge in [0.1, 0.15) is 24.4 Å². The lowest BCUT2D eigenvalue weighted by molar-refractivity contribution is -0.134. The number of aliphatic carboxylic acids is 1. The van der Waals surface area contributed by atoms with Crippen LogP contribution in [0.5, 0.6) is 5.75 Å². The van der Waals surface area contributed by atoms with E-state index in [1.165, 1.54) is 28.2 Å². The molecule has 0 spiro atoms. The van der Waals surface area contributed by atoms with Crippen molar-refractivity contribution in [2.75, 3.05) is 30.3 Å². The molecule has 7 nitrogen and oxygen atoms in total. The predicted molar refractivity (Wildman–Crippen MR) is 136 cm³/mol. The number of aryl methyl sites for hydroxylation is 1. The summed E-state index contributed by atoms with van der Waals surface area (Å²) in [5, 5.41) is 17.8. The molecule has 7 heteroatoms. The highest BCUT2D eigenvalue weighted by molar-refractivity contribution is 5.86. The first-order valence-corrected chi connectivity index (χ1v) is 11.3. The van der Waals surface area contributed by atoms with E-state index in [1.807, 2.05) is 25.1 Å². The minimum atomic E-state index is -0.933. The number of benzene rings is 3. The van der Waals surface area contributed by atoms with Crippen LogP contribution in [0.25, 0.3) is 22.0 Å². The van der Waals surface area contributed by atoms with Gasteiger partial charge in [0.25, 0.3) is 0 Å². The summed E-state index contributed by atoms with van der Waals surface area (Å²) in [4.78, 5) is 19.7. The number of fused-ring (bicyclic) bond motifs is 1. The van der Waals surface area contributed by atoms with Crippen LogP contribution >= 0.6 is 0 Å². The number of nitrogens with one attached hydrogen (secondary N) is 2. The maximum atomic E-state index is 10.9. The Labute approximate surface area is 198 Å². The second-order valence-electron chi connectivity index (χ2n) is 7.93. The molecule has 0 atom stereocenters. The molecule has 3 aromatic carbocycles. The zero-order valence-corrected chi connectivity index (χ0v) is 19.3. The Balaban J connectivity index is 1.46. The van der Waals surface area contributed by atoms with Crippen molar-refractivity contribution in [3.05, 3.63) is 78.1 Å². The number of ether oxygens (including phenoxy) is 1. The molecule has 0 aliphatic carbocycles. The highest BCUT2D eigenvalue weighted by Crippen LogP contribution is 2.31. The molecule has 0 aliphatic rings. The van der Waals surface area contributed by atoms with Crippen LogP contribution in [-0.4, -0.2) is 40.7 Å². The van der Waals surface area contributed by atoms with Gasteiger partial charge in [-0.2, -0.15) is 0 Å². The Kier molecular flexibility index (Phi) is 7.22. The van der Waals surface area contributed by atoms with E-state index in [1.54, 1.807) is 6.07 Å². The van der Waals surface area contributed by atoms with Gasteiger partial charge in [-0.15, -0.1) is 0 Å². The number of carbonyl (C=O) groups is 1. The average Bonchev–Trinajstić information content (AvgIpc) is 2.85. The first-order chi connectivity index (χ1) is 16.5. The molecule has 1 heterocycles. The maximum Gasteiger partial charge on any atom is 0.322 e. The number of rotatable bonds is 10. The first-order valence-electron chi connectivity index (χ1n) is 11.3. The Morgan fingerprint density at radius 1 is 1.03 bits per heavy atom. The smallest absolute Gasteiger partial charge is 0.322 e. The quantitative estimate of drug-likeness (QED) is 0.303. The van der Waals surface area contributed by atoms with Crippen LogP contribution in [-0.2, 0) is 11.2 Å². The van der Waals surface area contributed by atoms with Gasteiger partial charge in [0.05, 0.1) is 18.0 Å². The predicted octanol–water partition coefficient (Wildman–Crippen LogP) is 5.16. The molecule has 174 valence electrons. The lowest BCUT2D eigenvalue weighted by Gasteiger charge is -2.13. The van der Waals surface area contributed by atoms with E-state index in [4.69, 9.17) is 9.84 Å². The molecule has 0 fully saturated rings. The topological polar surface area (TPSA) is 96.4 Å². The molecular weight excluding hydrogens is 428 g/mol. The fourth-order valence-corrected chi connectivity index (χ4v) is 3.95. The van der Waals surface area contributed by atoms with Crippen LogP contribution in [0.15, 0.2) is 67.0 Å². The Morgan fingerprint density at radius 2 is 1.88 bits per heavy atom. The van der Waals surface area contributed by atoms with E-state index < -0.39 is 5.97 Å². The van der Waals surface area contributed by atoms with Gasteiger partial charge < -0.3 is 20.5 Å². The van der Waals surface area contributed by atoms with Crippen molar-refractivity contribution >= 4 is 28.2 Å². The first kappa shape index (κ1) is 23.0. The van der Waals surface area contributed by atoms with Crippen LogP contribution in [0, 0.1) is 6.92 Å². The van der Waals surface area contributed by atoms with Crippen LogP contribution in [0.4, 0.5) is 11.5 Å². The summed E-state index contributed by atoms with van der Waals surface area (Å²) in [5.74, 6) is 0.396. The molecule has 1 aromatic heterocycles. The third-order valence-electron chi connectivity index (χ3n) is 5.69. The van der Waals surface area contributed by atoms with Gasteiger partial charge in [-0.25, -0.2) is 9.97 Å². The molecule has 4 rings (SSSR count). The number of aromatic nitrogens is 2. The molecule has 0 amide bonds. The van der Waals surface area contributed by atoms with Gasteiger partial charge >= 0.3 is 5.97 Å². The van der Waals surface area contributed by atoms with Gasteiger partial charge in [-0.1, -0.05) is 42.5 Å². The number of hydrogen-bond donors (Lipinski definition) is 3. The molecule has 34 heavy (non-hydrogen) atoms. The maximum absolute atomic E-state index is 10.9. The Bertz CT molecular complexity index is 1310. The number of nitrogens with zero attached hydrogens (tertiary/aromatic N) is 2. The van der Waals surface area contributed by atoms with Crippen molar-refractivity contribution in [2.24, 2.45) is 0 Å². The molecule has 0 radical (unpaired) electrons. The van der Waals surface area contributed by atoms with Crippen molar-refractivity contribution in [3.63, 3.8) is 0 Å². The molecule has 0 bridgehead atoms. The highest BCUT2D eigenvalue weighted by atomic mass is 16.5. The Hall–Kier alpha value is -4.13. The number of carboxylic acids is 1. The summed E-state index contributed by atoms with van der Waals surface area (Å²) in [7, 11) is 0. The van der Waals surface area contributed by atoms with Crippen molar-refractivity contribution in [2.45, 2.75) is 20.3 Å². The summed E-state index contributed by atoms with van der Waals surface area (Å²) >= 11 is 0. The standard InChI is InChI=1S/C27H28N4O3/c1-3-34-25-14-21(10-11-23(25)29-16-27(32)33)24-15-26(31-17-30-24)28-13-12-19-8-9-20-6-4-5-7-22(20)18(19)2/h4-11,14-15,17,29H,3,12-13,16H2,1-2H3,(H,32,33)(H,28,30,31). The van der Waals surface area contributed by atoms with Gasteiger partial charge in [0.15, 0.2) is 0 Å². The van der Waals surface area contributed by atoms with E-state index >= 15 is 0 Å². The van der Waals surface area contributed by atoms with Crippen LogP contribution in [0.3, 0.4) is 0 Å². The van der Waals surface area contributed by atoms with E-state index in [2.05, 4.69) is 63.9 Å². The summed E-state index contributed by atoms with van der Waals surface area (Å²) < 4.78 is 5.70. The summed E-state index contributed by atoms with van der Waals surface area (Å²) in [6, 6.07) is 20.3. The average molecular weight is 457 g/mol. The van der Waals surface area contributed by atoms with E-state index in [-0.39, 0.29) is 6.54 Å². The Morgan fingerprint density at radius 3 is 2.71 bits per heavy atom. The van der Waals surface area contributed by atoms with Gasteiger partial charge in [0.2, 0.25) is 0 Å². The fraction of sp³-hybridized carbons (Fsp3) is 0.222. The highest BCUT2D eigenvalue weighted by Gasteiger charge is 2.10. The summed E-state index contributed by atoms with van der Waals surface area (Å²) in [6.07, 6.45) is 2.42. The number of hydrogen-bond acceptors (Lipinski definition) is 6. The van der Waals surface area contributed by atoms with Crippen molar-refractivity contribution < 1.29 is 14.6 Å². The largest absolute Gasteiger partial charge is 0.492 e. The van der Waals surface area contributed by atoms with Crippen LogP contribution in [0.1, 0.15) is 18.1 Å². The van der Waals surface area contributed by atoms with E-state index in [0.29, 0.717) is 18.0 Å². The van der Waals surface area contributed by atoms with Crippen LogP contribution in [0.2, 0.25) is 0 Å². The van der Waals surface area contributed by atoms with Crippen LogP contribution < -0.4 is 15.4 Å². The van der Waals surface area contributed by atoms with Crippen molar-refractivity contribution in [1.82, 2.24) is 9.97 Å². The SMILES string of the molecule is CCOc1cc(-c2cc(NCCc3ccc4ccccc4c3C)ncn2)ccc1NCC(=O)O. The van der Waals surface area contributed by atoms with Crippen molar-refractivity contribution in [3.8, 4) is 17.0 Å². The monoisotopic (exact) mass is 456 g/mol. The molecule has 0 saturated heterocycles. The third-order valence-corrected chi connectivity index (χ3v) is 5.69. The zero-order valence-electron chi connectivity index (χ0n) is 19.3. The lowest BCUT2D eigenvalue weighted by Crippen LogP contribution is -2.13. The molecular formula is C27H28N4O3.